The molecule has 1 fully saturated rings. The van der Waals surface area contributed by atoms with Gasteiger partial charge in [-0.2, -0.15) is 4.99 Å². The summed E-state index contributed by atoms with van der Waals surface area (Å²) in [6.07, 6.45) is 4.78. The second-order valence-electron chi connectivity index (χ2n) is 5.33. The predicted molar refractivity (Wildman–Crippen MR) is 92.6 cm³/mol. The van der Waals surface area contributed by atoms with E-state index in [-0.39, 0.29) is 17.6 Å². The van der Waals surface area contributed by atoms with Crippen molar-refractivity contribution >= 4 is 50.9 Å². The van der Waals surface area contributed by atoms with Crippen LogP contribution in [-0.4, -0.2) is 38.6 Å². The summed E-state index contributed by atoms with van der Waals surface area (Å²) in [6.45, 7) is 1.99. The number of hydrogen-bond acceptors (Lipinski definition) is 6. The van der Waals surface area contributed by atoms with Crippen molar-refractivity contribution in [1.29, 1.82) is 0 Å². The number of aliphatic imine (C=N–C) groups is 2. The van der Waals surface area contributed by atoms with Gasteiger partial charge in [0.2, 0.25) is 11.0 Å². The van der Waals surface area contributed by atoms with E-state index in [9.17, 15) is 9.59 Å². The van der Waals surface area contributed by atoms with Gasteiger partial charge >= 0.3 is 6.03 Å². The van der Waals surface area contributed by atoms with E-state index in [1.165, 1.54) is 23.1 Å². The van der Waals surface area contributed by atoms with Crippen LogP contribution in [0.2, 0.25) is 0 Å². The molecule has 122 valence electrons. The first kappa shape index (κ1) is 16.3. The molecule has 1 unspecified atom stereocenters. The Bertz CT molecular complexity index is 682. The van der Waals surface area contributed by atoms with Crippen LogP contribution in [0.1, 0.15) is 37.6 Å². The number of urea groups is 1. The number of thioether (sulfide) groups is 1. The zero-order valence-electron chi connectivity index (χ0n) is 12.7. The van der Waals surface area contributed by atoms with Gasteiger partial charge in [-0.1, -0.05) is 36.4 Å². The van der Waals surface area contributed by atoms with E-state index in [2.05, 4.69) is 25.5 Å². The normalized spacial score (nSPS) is 20.6. The summed E-state index contributed by atoms with van der Waals surface area (Å²) in [4.78, 5) is 31.7. The zero-order valence-corrected chi connectivity index (χ0v) is 14.4. The maximum absolute atomic E-state index is 12.0. The molecule has 1 saturated carbocycles. The number of rotatable bonds is 4. The second-order valence-corrected chi connectivity index (χ2v) is 7.38. The van der Waals surface area contributed by atoms with E-state index in [1.807, 2.05) is 6.92 Å². The van der Waals surface area contributed by atoms with Crippen LogP contribution in [0.3, 0.4) is 0 Å². The summed E-state index contributed by atoms with van der Waals surface area (Å²) >= 11 is 2.69. The maximum Gasteiger partial charge on any atom is 0.367 e. The molecule has 1 aliphatic carbocycles. The van der Waals surface area contributed by atoms with Crippen LogP contribution in [0.4, 0.5) is 9.93 Å². The third-order valence-corrected chi connectivity index (χ3v) is 5.75. The molecular weight excluding hydrogens is 334 g/mol. The van der Waals surface area contributed by atoms with Crippen LogP contribution in [0.25, 0.3) is 0 Å². The third-order valence-electron chi connectivity index (χ3n) is 3.69. The van der Waals surface area contributed by atoms with Gasteiger partial charge in [-0.3, -0.25) is 10.1 Å². The highest BCUT2D eigenvalue weighted by Gasteiger charge is 2.30. The lowest BCUT2D eigenvalue weighted by atomic mass is 9.87. The number of nitrogens with zero attached hydrogens (tertiary/aromatic N) is 4. The molecule has 2 aliphatic rings. The van der Waals surface area contributed by atoms with Crippen molar-refractivity contribution in [3.63, 3.8) is 0 Å². The molecule has 0 saturated heterocycles. The highest BCUT2D eigenvalue weighted by Crippen LogP contribution is 2.30. The average molecular weight is 351 g/mol. The van der Waals surface area contributed by atoms with Crippen molar-refractivity contribution < 1.29 is 9.59 Å². The molecule has 0 radical (unpaired) electrons. The monoisotopic (exact) mass is 351 g/mol. The predicted octanol–water partition coefficient (Wildman–Crippen LogP) is 2.94. The number of aromatic nitrogens is 2. The summed E-state index contributed by atoms with van der Waals surface area (Å²) in [5.41, 5.74) is 0.927. The average Bonchev–Trinajstić information content (AvgIpc) is 3.00. The largest absolute Gasteiger partial charge is 0.367 e. The number of nitrogens with one attached hydrogen (secondary N) is 1. The van der Waals surface area contributed by atoms with E-state index >= 15 is 0 Å². The Labute approximate surface area is 142 Å². The minimum Gasteiger partial charge on any atom is -0.300 e. The molecule has 23 heavy (non-hydrogen) atoms. The Kier molecular flexibility index (Phi) is 5.16. The van der Waals surface area contributed by atoms with Gasteiger partial charge in [0.1, 0.15) is 5.01 Å². The molecular formula is C14H17N5O2S2. The van der Waals surface area contributed by atoms with Crippen molar-refractivity contribution in [2.75, 3.05) is 11.1 Å². The minimum atomic E-state index is -0.447. The number of hydrogen-bond donors (Lipinski definition) is 1. The van der Waals surface area contributed by atoms with Crippen molar-refractivity contribution in [1.82, 2.24) is 10.2 Å². The van der Waals surface area contributed by atoms with E-state index in [4.69, 9.17) is 0 Å². The summed E-state index contributed by atoms with van der Waals surface area (Å²) in [5, 5.41) is 12.7. The van der Waals surface area contributed by atoms with Crippen LogP contribution < -0.4 is 5.32 Å². The van der Waals surface area contributed by atoms with Crippen molar-refractivity contribution in [2.45, 2.75) is 39.0 Å². The summed E-state index contributed by atoms with van der Waals surface area (Å²) in [5.74, 6) is 0.160. The minimum absolute atomic E-state index is 0.118. The van der Waals surface area contributed by atoms with Gasteiger partial charge in [0.15, 0.2) is 0 Å². The third kappa shape index (κ3) is 4.03. The number of fused-ring (bicyclic) bond motifs is 1. The van der Waals surface area contributed by atoms with E-state index < -0.39 is 6.03 Å². The fraction of sp³-hybridized carbons (Fsp3) is 0.571. The molecule has 0 bridgehead atoms. The lowest BCUT2D eigenvalue weighted by Gasteiger charge is -2.26. The molecule has 1 N–H and O–H groups in total. The number of carbonyl (C=O) groups is 2. The number of carbonyl (C=O) groups excluding carboxylic acids is 2. The van der Waals surface area contributed by atoms with Crippen molar-refractivity contribution in [3.05, 3.63) is 5.01 Å². The van der Waals surface area contributed by atoms with Gasteiger partial charge < -0.3 is 0 Å². The SMILES string of the molecule is CCc1nnc(NC(=O)CSC2=NC(=O)N=C3CCCCC32)s1. The van der Waals surface area contributed by atoms with Gasteiger partial charge in [0.05, 0.1) is 10.8 Å². The second kappa shape index (κ2) is 7.31. The number of anilines is 1. The Morgan fingerprint density at radius 2 is 2.22 bits per heavy atom. The first-order valence-electron chi connectivity index (χ1n) is 7.60. The number of amides is 3. The van der Waals surface area contributed by atoms with Gasteiger partial charge in [0, 0.05) is 11.6 Å². The van der Waals surface area contributed by atoms with Gasteiger partial charge in [-0.25, -0.2) is 9.79 Å². The van der Waals surface area contributed by atoms with Crippen molar-refractivity contribution in [3.8, 4) is 0 Å². The topological polar surface area (TPSA) is 96.7 Å². The molecule has 1 aromatic heterocycles. The van der Waals surface area contributed by atoms with Crippen LogP contribution in [-0.2, 0) is 11.2 Å². The molecule has 3 amide bonds. The molecule has 1 atom stereocenters. The molecule has 0 aromatic carbocycles. The number of aryl methyl sites for hydroxylation is 1. The van der Waals surface area contributed by atoms with Crippen molar-refractivity contribution in [2.24, 2.45) is 15.9 Å². The molecule has 7 nitrogen and oxygen atoms in total. The molecule has 3 rings (SSSR count). The van der Waals surface area contributed by atoms with Gasteiger partial charge in [-0.15, -0.1) is 10.2 Å². The maximum atomic E-state index is 12.0. The smallest absolute Gasteiger partial charge is 0.300 e. The first-order chi connectivity index (χ1) is 11.2. The highest BCUT2D eigenvalue weighted by atomic mass is 32.2. The quantitative estimate of drug-likeness (QED) is 0.899. The summed E-state index contributed by atoms with van der Waals surface area (Å²) in [7, 11) is 0. The lowest BCUT2D eigenvalue weighted by molar-refractivity contribution is -0.113. The molecule has 0 spiro atoms. The summed E-state index contributed by atoms with van der Waals surface area (Å²) < 4.78 is 0. The fourth-order valence-electron chi connectivity index (χ4n) is 2.59. The Hall–Kier alpha value is -1.61. The standard InChI is InChI=1S/C14H17N5O2S2/c1-2-11-18-19-14(23-11)16-10(20)7-22-12-8-5-3-4-6-9(8)15-13(21)17-12/h8H,2-7H2,1H3,(H,16,19,20). The fourth-order valence-corrected chi connectivity index (χ4v) is 4.23. The zero-order chi connectivity index (χ0) is 16.2. The van der Waals surface area contributed by atoms with Crippen LogP contribution in [0.5, 0.6) is 0 Å². The first-order valence-corrected chi connectivity index (χ1v) is 9.41. The lowest BCUT2D eigenvalue weighted by Crippen LogP contribution is -2.31. The Morgan fingerprint density at radius 1 is 1.35 bits per heavy atom. The van der Waals surface area contributed by atoms with E-state index in [0.29, 0.717) is 5.13 Å². The van der Waals surface area contributed by atoms with Gasteiger partial charge in [-0.05, 0) is 25.7 Å². The van der Waals surface area contributed by atoms with Crippen LogP contribution >= 0.6 is 23.1 Å². The Balaban J connectivity index is 1.56. The van der Waals surface area contributed by atoms with E-state index in [0.717, 1.165) is 47.9 Å². The molecule has 1 aliphatic heterocycles. The van der Waals surface area contributed by atoms with Gasteiger partial charge in [0.25, 0.3) is 0 Å². The summed E-state index contributed by atoms with van der Waals surface area (Å²) in [6, 6.07) is -0.447. The molecule has 1 aromatic rings. The van der Waals surface area contributed by atoms with Crippen LogP contribution in [0.15, 0.2) is 9.98 Å². The molecule has 9 heteroatoms. The van der Waals surface area contributed by atoms with E-state index in [1.54, 1.807) is 0 Å². The highest BCUT2D eigenvalue weighted by molar-refractivity contribution is 8.14. The Morgan fingerprint density at radius 3 is 3.00 bits per heavy atom. The van der Waals surface area contributed by atoms with Crippen LogP contribution in [0, 0.1) is 5.92 Å². The molecule has 2 heterocycles.